The Kier molecular flexibility index (Phi) is 42.4. The first-order chi connectivity index (χ1) is 2.00. The van der Waals surface area contributed by atoms with Gasteiger partial charge in [-0.25, -0.2) is 0 Å². The first-order valence-corrected chi connectivity index (χ1v) is 2.10. The molecule has 0 aromatic heterocycles. The van der Waals surface area contributed by atoms with Crippen molar-refractivity contribution < 1.29 is 61.7 Å². The van der Waals surface area contributed by atoms with Gasteiger partial charge in [-0.2, -0.15) is 8.42 Å². The Labute approximate surface area is 72.3 Å². The summed E-state index contributed by atoms with van der Waals surface area (Å²) in [5, 5.41) is 0. The van der Waals surface area contributed by atoms with Crippen molar-refractivity contribution in [3.05, 3.63) is 0 Å². The summed E-state index contributed by atoms with van der Waals surface area (Å²) in [5.74, 6) is 0. The Hall–Kier alpha value is 0.790. The predicted octanol–water partition coefficient (Wildman–Crippen LogP) is -2.31. The quantitative estimate of drug-likeness (QED) is 0.369. The summed E-state index contributed by atoms with van der Waals surface area (Å²) >= 11 is 0. The van der Waals surface area contributed by atoms with E-state index in [2.05, 4.69) is 0 Å². The van der Waals surface area contributed by atoms with Crippen molar-refractivity contribution >= 4 is 10.4 Å². The maximum Gasteiger partial charge on any atom is 0.394 e. The van der Waals surface area contributed by atoms with Gasteiger partial charge in [0, 0.05) is 33.3 Å². The monoisotopic (exact) mass is 251 g/mol. The van der Waals surface area contributed by atoms with Crippen molar-refractivity contribution in [1.82, 2.24) is 0 Å². The second-order valence-electron chi connectivity index (χ2n) is 0.448. The summed E-state index contributed by atoms with van der Waals surface area (Å²) in [5.41, 5.74) is 0. The molecule has 0 amide bonds. The zero-order valence-corrected chi connectivity index (χ0v) is 6.61. The second kappa shape index (κ2) is 11.6. The van der Waals surface area contributed by atoms with Gasteiger partial charge in [0.15, 0.2) is 0 Å². The van der Waals surface area contributed by atoms with E-state index in [1.165, 1.54) is 0 Å². The molecule has 0 atom stereocenters. The van der Waals surface area contributed by atoms with Gasteiger partial charge in [-0.15, -0.1) is 0 Å². The van der Waals surface area contributed by atoms with Crippen LogP contribution < -0.4 is 0 Å². The van der Waals surface area contributed by atoms with E-state index in [4.69, 9.17) is 17.5 Å². The molecule has 0 bridgehead atoms. The SMILES string of the molecule is O.O.O=S(=O)(O)O.[Co].[Ni]. The molecule has 9 heavy (non-hydrogen) atoms. The van der Waals surface area contributed by atoms with E-state index in [1.54, 1.807) is 0 Å². The van der Waals surface area contributed by atoms with Crippen molar-refractivity contribution in [2.24, 2.45) is 0 Å². The second-order valence-corrected chi connectivity index (χ2v) is 1.34. The normalized spacial score (nSPS) is 6.44. The third kappa shape index (κ3) is 649. The molecule has 0 rings (SSSR count). The van der Waals surface area contributed by atoms with Gasteiger partial charge in [0.2, 0.25) is 0 Å². The van der Waals surface area contributed by atoms with E-state index >= 15 is 0 Å². The van der Waals surface area contributed by atoms with Gasteiger partial charge in [0.25, 0.3) is 0 Å². The molecule has 67 valence electrons. The van der Waals surface area contributed by atoms with Crippen molar-refractivity contribution in [3.63, 3.8) is 0 Å². The summed E-state index contributed by atoms with van der Waals surface area (Å²) < 4.78 is 31.6. The fourth-order valence-corrected chi connectivity index (χ4v) is 0. The van der Waals surface area contributed by atoms with Crippen molar-refractivity contribution in [3.8, 4) is 0 Å². The van der Waals surface area contributed by atoms with Crippen LogP contribution in [0, 0.1) is 0 Å². The van der Waals surface area contributed by atoms with Gasteiger partial charge >= 0.3 is 10.4 Å². The fraction of sp³-hybridized carbons (Fsp3) is 0. The summed E-state index contributed by atoms with van der Waals surface area (Å²) in [7, 11) is -4.67. The molecule has 0 fully saturated rings. The van der Waals surface area contributed by atoms with E-state index in [0.29, 0.717) is 0 Å². The van der Waals surface area contributed by atoms with E-state index in [-0.39, 0.29) is 44.2 Å². The van der Waals surface area contributed by atoms with Gasteiger partial charge in [0.05, 0.1) is 0 Å². The molecule has 6 N–H and O–H groups in total. The maximum absolute atomic E-state index is 8.74. The Morgan fingerprint density at radius 2 is 1.00 bits per heavy atom. The van der Waals surface area contributed by atoms with Crippen LogP contribution in [0.2, 0.25) is 0 Å². The van der Waals surface area contributed by atoms with Crippen LogP contribution in [0.5, 0.6) is 0 Å². The minimum atomic E-state index is -4.67. The molecule has 0 saturated heterocycles. The van der Waals surface area contributed by atoms with Crippen LogP contribution in [-0.4, -0.2) is 28.5 Å². The Morgan fingerprint density at radius 3 is 1.00 bits per heavy atom. The van der Waals surface area contributed by atoms with Crippen molar-refractivity contribution in [2.45, 2.75) is 0 Å². The minimum Gasteiger partial charge on any atom is -0.412 e. The average molecular weight is 252 g/mol. The fourth-order valence-electron chi connectivity index (χ4n) is 0. The van der Waals surface area contributed by atoms with Crippen LogP contribution in [0.3, 0.4) is 0 Å². The van der Waals surface area contributed by atoms with Gasteiger partial charge in [-0.05, 0) is 0 Å². The van der Waals surface area contributed by atoms with Gasteiger partial charge in [-0.3, -0.25) is 9.11 Å². The molecular weight excluding hydrogens is 246 g/mol. The topological polar surface area (TPSA) is 138 Å². The molecule has 0 heterocycles. The standard InChI is InChI=1S/Co.Ni.H2O4S.2H2O/c;;1-5(2,3)4;;/h;;(H2,1,2,3,4);2*1H2. The summed E-state index contributed by atoms with van der Waals surface area (Å²) in [6.07, 6.45) is 0. The molecule has 0 aliphatic carbocycles. The Balaban J connectivity index is -0.0000000133. The molecule has 0 saturated carbocycles. The molecule has 0 unspecified atom stereocenters. The molecule has 0 aromatic rings. The van der Waals surface area contributed by atoms with Crippen LogP contribution in [-0.2, 0) is 43.7 Å². The van der Waals surface area contributed by atoms with Crippen LogP contribution in [0.4, 0.5) is 0 Å². The molecule has 0 aromatic carbocycles. The third-order valence-corrected chi connectivity index (χ3v) is 0. The smallest absolute Gasteiger partial charge is 0.394 e. The largest absolute Gasteiger partial charge is 0.412 e. The predicted molar refractivity (Wildman–Crippen MR) is 21.4 cm³/mol. The number of hydrogen-bond acceptors (Lipinski definition) is 2. The molecule has 0 aliphatic heterocycles. The molecular formula is H6CoNiO6S. The van der Waals surface area contributed by atoms with Crippen LogP contribution >= 0.6 is 0 Å². The summed E-state index contributed by atoms with van der Waals surface area (Å²) in [6, 6.07) is 0. The number of rotatable bonds is 0. The van der Waals surface area contributed by atoms with Crippen LogP contribution in [0.15, 0.2) is 0 Å². The van der Waals surface area contributed by atoms with E-state index in [9.17, 15) is 0 Å². The summed E-state index contributed by atoms with van der Waals surface area (Å²) in [6.45, 7) is 0. The number of hydrogen-bond donors (Lipinski definition) is 2. The molecule has 0 aliphatic rings. The summed E-state index contributed by atoms with van der Waals surface area (Å²) in [4.78, 5) is 0. The zero-order chi connectivity index (χ0) is 4.50. The maximum atomic E-state index is 8.74. The van der Waals surface area contributed by atoms with Gasteiger partial charge in [-0.1, -0.05) is 0 Å². The van der Waals surface area contributed by atoms with E-state index in [0.717, 1.165) is 0 Å². The zero-order valence-electron chi connectivity index (χ0n) is 3.77. The Bertz CT molecular complexity index is 96.2. The molecule has 0 spiro atoms. The molecule has 9 heteroatoms. The third-order valence-electron chi connectivity index (χ3n) is 0. The molecule has 6 nitrogen and oxygen atoms in total. The minimum absolute atomic E-state index is 0. The Morgan fingerprint density at radius 1 is 1.00 bits per heavy atom. The van der Waals surface area contributed by atoms with E-state index in [1.807, 2.05) is 0 Å². The average Bonchev–Trinajstić information content (AvgIpc) is 0.722. The van der Waals surface area contributed by atoms with Crippen LogP contribution in [0.1, 0.15) is 0 Å². The molecule has 1 radical (unpaired) electrons. The first kappa shape index (κ1) is 33.0. The first-order valence-electron chi connectivity index (χ1n) is 0.698. The van der Waals surface area contributed by atoms with Crippen LogP contribution in [0.25, 0.3) is 0 Å². The van der Waals surface area contributed by atoms with Crippen molar-refractivity contribution in [2.75, 3.05) is 0 Å². The van der Waals surface area contributed by atoms with Crippen molar-refractivity contribution in [1.29, 1.82) is 0 Å². The van der Waals surface area contributed by atoms with Gasteiger partial charge < -0.3 is 11.0 Å². The van der Waals surface area contributed by atoms with Gasteiger partial charge in [0.1, 0.15) is 0 Å². The van der Waals surface area contributed by atoms with E-state index < -0.39 is 10.4 Å².